The van der Waals surface area contributed by atoms with Crippen LogP contribution in [0.5, 0.6) is 0 Å². The number of carboxylic acid groups (broad SMARTS) is 1. The molecule has 0 bridgehead atoms. The Kier molecular flexibility index (Phi) is 4.24. The Morgan fingerprint density at radius 2 is 2.00 bits per heavy atom. The number of rotatable bonds is 4. The van der Waals surface area contributed by atoms with Crippen molar-refractivity contribution in [3.05, 3.63) is 64.7 Å². The van der Waals surface area contributed by atoms with E-state index in [4.69, 9.17) is 10.4 Å². The van der Waals surface area contributed by atoms with Crippen LogP contribution in [0.3, 0.4) is 0 Å². The number of nitrogens with zero attached hydrogens (tertiary/aromatic N) is 1. The molecule has 2 aromatic rings. The molecule has 0 saturated carbocycles. The van der Waals surface area contributed by atoms with Gasteiger partial charge in [-0.3, -0.25) is 0 Å². The zero-order valence-electron chi connectivity index (χ0n) is 11.9. The summed E-state index contributed by atoms with van der Waals surface area (Å²) in [5.41, 5.74) is 3.36. The van der Waals surface area contributed by atoms with Gasteiger partial charge in [0.25, 0.3) is 0 Å². The van der Waals surface area contributed by atoms with Crippen LogP contribution in [0.15, 0.2) is 42.5 Å². The van der Waals surface area contributed by atoms with Gasteiger partial charge in [0.1, 0.15) is 0 Å². The van der Waals surface area contributed by atoms with Crippen molar-refractivity contribution in [2.45, 2.75) is 19.9 Å². The summed E-state index contributed by atoms with van der Waals surface area (Å²) in [6.45, 7) is 3.76. The molecule has 2 rings (SSSR count). The van der Waals surface area contributed by atoms with Crippen LogP contribution < -0.4 is 5.32 Å². The van der Waals surface area contributed by atoms with E-state index < -0.39 is 5.97 Å². The van der Waals surface area contributed by atoms with Crippen LogP contribution in [-0.4, -0.2) is 11.1 Å². The number of hydrogen-bond acceptors (Lipinski definition) is 3. The maximum absolute atomic E-state index is 11.1. The van der Waals surface area contributed by atoms with Crippen molar-refractivity contribution in [2.75, 3.05) is 5.32 Å². The average molecular weight is 280 g/mol. The molecule has 0 heterocycles. The molecule has 1 unspecified atom stereocenters. The van der Waals surface area contributed by atoms with Crippen LogP contribution >= 0.6 is 0 Å². The fourth-order valence-electron chi connectivity index (χ4n) is 2.22. The number of nitriles is 1. The van der Waals surface area contributed by atoms with Gasteiger partial charge in [-0.05, 0) is 49.2 Å². The molecule has 4 heteroatoms. The monoisotopic (exact) mass is 280 g/mol. The van der Waals surface area contributed by atoms with Gasteiger partial charge in [-0.1, -0.05) is 18.2 Å². The number of hydrogen-bond donors (Lipinski definition) is 2. The molecule has 106 valence electrons. The van der Waals surface area contributed by atoms with Crippen molar-refractivity contribution in [3.8, 4) is 6.07 Å². The summed E-state index contributed by atoms with van der Waals surface area (Å²) in [6.07, 6.45) is 0. The number of anilines is 1. The largest absolute Gasteiger partial charge is 0.478 e. The summed E-state index contributed by atoms with van der Waals surface area (Å²) in [5.74, 6) is -0.935. The molecule has 21 heavy (non-hydrogen) atoms. The fraction of sp³-hybridized carbons (Fsp3) is 0.176. The molecule has 0 aliphatic carbocycles. The molecular formula is C17H16N2O2. The molecule has 0 fully saturated rings. The van der Waals surface area contributed by atoms with Gasteiger partial charge >= 0.3 is 5.97 Å². The van der Waals surface area contributed by atoms with Crippen molar-refractivity contribution >= 4 is 11.7 Å². The lowest BCUT2D eigenvalue weighted by Gasteiger charge is -2.18. The van der Waals surface area contributed by atoms with Crippen LogP contribution in [0.1, 0.15) is 40.0 Å². The van der Waals surface area contributed by atoms with Crippen LogP contribution in [0.2, 0.25) is 0 Å². The normalized spacial score (nSPS) is 11.5. The molecule has 0 spiro atoms. The molecule has 0 saturated heterocycles. The van der Waals surface area contributed by atoms with Gasteiger partial charge in [-0.25, -0.2) is 4.79 Å². The first-order valence-corrected chi connectivity index (χ1v) is 6.62. The summed E-state index contributed by atoms with van der Waals surface area (Å²) < 4.78 is 0. The van der Waals surface area contributed by atoms with Gasteiger partial charge in [0, 0.05) is 11.7 Å². The van der Waals surface area contributed by atoms with Crippen molar-refractivity contribution in [1.82, 2.24) is 0 Å². The summed E-state index contributed by atoms with van der Waals surface area (Å²) in [4.78, 5) is 11.1. The lowest BCUT2D eigenvalue weighted by molar-refractivity contribution is 0.0696. The van der Waals surface area contributed by atoms with Gasteiger partial charge in [-0.15, -0.1) is 0 Å². The number of aromatic carboxylic acids is 1. The Labute approximate surface area is 123 Å². The molecular weight excluding hydrogens is 264 g/mol. The number of nitrogens with one attached hydrogen (secondary N) is 1. The standard InChI is InChI=1S/C17H16N2O2/c1-11-15(17(20)21)7-4-8-16(11)19-12(2)14-6-3-5-13(9-14)10-18/h3-9,12,19H,1-2H3,(H,20,21). The highest BCUT2D eigenvalue weighted by Gasteiger charge is 2.12. The third-order valence-electron chi connectivity index (χ3n) is 3.45. The lowest BCUT2D eigenvalue weighted by atomic mass is 10.0. The van der Waals surface area contributed by atoms with Gasteiger partial charge in [0.05, 0.1) is 17.2 Å². The Morgan fingerprint density at radius 1 is 1.29 bits per heavy atom. The first-order valence-electron chi connectivity index (χ1n) is 6.62. The van der Waals surface area contributed by atoms with Crippen LogP contribution in [0.25, 0.3) is 0 Å². The molecule has 2 N–H and O–H groups in total. The Hall–Kier alpha value is -2.80. The average Bonchev–Trinajstić information content (AvgIpc) is 2.49. The number of benzene rings is 2. The van der Waals surface area contributed by atoms with E-state index in [0.717, 1.165) is 11.3 Å². The second kappa shape index (κ2) is 6.10. The SMILES string of the molecule is Cc1c(NC(C)c2cccc(C#N)c2)cccc1C(=O)O. The molecule has 1 atom stereocenters. The summed E-state index contributed by atoms with van der Waals surface area (Å²) in [7, 11) is 0. The Bertz CT molecular complexity index is 717. The molecule has 0 amide bonds. The van der Waals surface area contributed by atoms with E-state index >= 15 is 0 Å². The van der Waals surface area contributed by atoms with Gasteiger partial charge in [0.15, 0.2) is 0 Å². The van der Waals surface area contributed by atoms with E-state index in [9.17, 15) is 4.79 Å². The van der Waals surface area contributed by atoms with Crippen molar-refractivity contribution in [1.29, 1.82) is 5.26 Å². The van der Waals surface area contributed by atoms with E-state index in [1.54, 1.807) is 25.1 Å². The van der Waals surface area contributed by atoms with Crippen LogP contribution in [-0.2, 0) is 0 Å². The molecule has 0 aliphatic heterocycles. The smallest absolute Gasteiger partial charge is 0.336 e. The molecule has 0 aromatic heterocycles. The summed E-state index contributed by atoms with van der Waals surface area (Å²) in [6, 6.07) is 14.6. The summed E-state index contributed by atoms with van der Waals surface area (Å²) >= 11 is 0. The van der Waals surface area contributed by atoms with E-state index in [0.29, 0.717) is 11.1 Å². The van der Waals surface area contributed by atoms with Crippen molar-refractivity contribution in [3.63, 3.8) is 0 Å². The van der Waals surface area contributed by atoms with Crippen molar-refractivity contribution < 1.29 is 9.90 Å². The zero-order valence-corrected chi connectivity index (χ0v) is 11.9. The second-order valence-corrected chi connectivity index (χ2v) is 4.89. The quantitative estimate of drug-likeness (QED) is 0.894. The van der Waals surface area contributed by atoms with Gasteiger partial charge in [-0.2, -0.15) is 5.26 Å². The molecule has 0 aliphatic rings. The van der Waals surface area contributed by atoms with E-state index in [1.165, 1.54) is 0 Å². The minimum absolute atomic E-state index is 0.0268. The predicted molar refractivity (Wildman–Crippen MR) is 81.3 cm³/mol. The minimum Gasteiger partial charge on any atom is -0.478 e. The van der Waals surface area contributed by atoms with E-state index in [-0.39, 0.29) is 11.6 Å². The molecule has 2 aromatic carbocycles. The minimum atomic E-state index is -0.935. The first-order chi connectivity index (χ1) is 10.0. The highest BCUT2D eigenvalue weighted by molar-refractivity contribution is 5.91. The van der Waals surface area contributed by atoms with E-state index in [2.05, 4.69) is 11.4 Å². The first kappa shape index (κ1) is 14.6. The highest BCUT2D eigenvalue weighted by Crippen LogP contribution is 2.24. The Balaban J connectivity index is 2.27. The third kappa shape index (κ3) is 3.21. The topological polar surface area (TPSA) is 73.1 Å². The van der Waals surface area contributed by atoms with Crippen LogP contribution in [0.4, 0.5) is 5.69 Å². The Morgan fingerprint density at radius 3 is 2.67 bits per heavy atom. The summed E-state index contributed by atoms with van der Waals surface area (Å²) in [5, 5.41) is 21.4. The highest BCUT2D eigenvalue weighted by atomic mass is 16.4. The maximum Gasteiger partial charge on any atom is 0.336 e. The number of carbonyl (C=O) groups is 1. The maximum atomic E-state index is 11.1. The van der Waals surface area contributed by atoms with Gasteiger partial charge in [0.2, 0.25) is 0 Å². The fourth-order valence-corrected chi connectivity index (χ4v) is 2.22. The van der Waals surface area contributed by atoms with Crippen molar-refractivity contribution in [2.24, 2.45) is 0 Å². The zero-order chi connectivity index (χ0) is 15.4. The van der Waals surface area contributed by atoms with Gasteiger partial charge < -0.3 is 10.4 Å². The molecule has 4 nitrogen and oxygen atoms in total. The van der Waals surface area contributed by atoms with E-state index in [1.807, 2.05) is 31.2 Å². The predicted octanol–water partition coefficient (Wildman–Crippen LogP) is 3.74. The second-order valence-electron chi connectivity index (χ2n) is 4.89. The van der Waals surface area contributed by atoms with Crippen LogP contribution in [0, 0.1) is 18.3 Å². The third-order valence-corrected chi connectivity index (χ3v) is 3.45. The number of carboxylic acids is 1. The lowest BCUT2D eigenvalue weighted by Crippen LogP contribution is -2.10. The molecule has 0 radical (unpaired) electrons.